The van der Waals surface area contributed by atoms with Gasteiger partial charge in [0.25, 0.3) is 5.91 Å². The van der Waals surface area contributed by atoms with Crippen LogP contribution < -0.4 is 11.1 Å². The van der Waals surface area contributed by atoms with Gasteiger partial charge in [-0.2, -0.15) is 0 Å². The number of aromatic nitrogens is 3. The monoisotopic (exact) mass is 337 g/mol. The first kappa shape index (κ1) is 14.5. The number of nitrogens with two attached hydrogens (primary N) is 1. The van der Waals surface area contributed by atoms with Crippen molar-refractivity contribution in [1.82, 2.24) is 14.4 Å². The second-order valence-corrected chi connectivity index (χ2v) is 5.70. The topological polar surface area (TPSA) is 85.3 Å². The van der Waals surface area contributed by atoms with Gasteiger partial charge in [-0.3, -0.25) is 9.20 Å². The van der Waals surface area contributed by atoms with Gasteiger partial charge in [-0.05, 0) is 36.4 Å². The second kappa shape index (κ2) is 5.50. The molecule has 7 heteroatoms. The van der Waals surface area contributed by atoms with Crippen molar-refractivity contribution in [2.24, 2.45) is 0 Å². The van der Waals surface area contributed by atoms with E-state index in [0.717, 1.165) is 11.0 Å². The van der Waals surface area contributed by atoms with Gasteiger partial charge in [0.15, 0.2) is 11.5 Å². The molecule has 0 atom stereocenters. The fraction of sp³-hybridized carbons (Fsp3) is 0. The molecule has 0 aliphatic rings. The maximum absolute atomic E-state index is 12.5. The van der Waals surface area contributed by atoms with Crippen LogP contribution in [0.25, 0.3) is 16.7 Å². The van der Waals surface area contributed by atoms with E-state index < -0.39 is 0 Å². The SMILES string of the molecule is Nc1nc(C(=O)Nc2ccc(Cl)cc2)cn2c1nc1ccccc12. The van der Waals surface area contributed by atoms with Gasteiger partial charge < -0.3 is 11.1 Å². The zero-order valence-corrected chi connectivity index (χ0v) is 13.2. The molecule has 0 spiro atoms. The van der Waals surface area contributed by atoms with E-state index in [1.807, 2.05) is 24.3 Å². The summed E-state index contributed by atoms with van der Waals surface area (Å²) in [5, 5.41) is 3.37. The first-order valence-corrected chi connectivity index (χ1v) is 7.60. The molecule has 0 unspecified atom stereocenters. The number of para-hydroxylation sites is 2. The molecule has 0 saturated carbocycles. The van der Waals surface area contributed by atoms with Crippen LogP contribution in [0.2, 0.25) is 5.02 Å². The van der Waals surface area contributed by atoms with Crippen molar-refractivity contribution in [2.45, 2.75) is 0 Å². The van der Waals surface area contributed by atoms with Crippen LogP contribution in [0, 0.1) is 0 Å². The maximum atomic E-state index is 12.5. The van der Waals surface area contributed by atoms with Gasteiger partial charge in [-0.1, -0.05) is 23.7 Å². The summed E-state index contributed by atoms with van der Waals surface area (Å²) in [7, 11) is 0. The number of fused-ring (bicyclic) bond motifs is 3. The number of nitrogen functional groups attached to an aromatic ring is 1. The van der Waals surface area contributed by atoms with Gasteiger partial charge in [0.2, 0.25) is 0 Å². The Hall–Kier alpha value is -3.12. The van der Waals surface area contributed by atoms with Crippen molar-refractivity contribution in [2.75, 3.05) is 11.1 Å². The lowest BCUT2D eigenvalue weighted by Crippen LogP contribution is -2.15. The molecular weight excluding hydrogens is 326 g/mol. The first-order valence-electron chi connectivity index (χ1n) is 7.22. The zero-order chi connectivity index (χ0) is 16.7. The number of nitrogens with one attached hydrogen (secondary N) is 1. The van der Waals surface area contributed by atoms with E-state index in [1.165, 1.54) is 0 Å². The minimum atomic E-state index is -0.358. The Balaban J connectivity index is 1.77. The van der Waals surface area contributed by atoms with E-state index in [4.69, 9.17) is 17.3 Å². The smallest absolute Gasteiger partial charge is 0.275 e. The molecule has 0 radical (unpaired) electrons. The molecule has 118 valence electrons. The van der Waals surface area contributed by atoms with Crippen LogP contribution in [0.4, 0.5) is 11.5 Å². The van der Waals surface area contributed by atoms with E-state index in [-0.39, 0.29) is 17.4 Å². The van der Waals surface area contributed by atoms with Crippen LogP contribution in [0.1, 0.15) is 10.5 Å². The predicted octanol–water partition coefficient (Wildman–Crippen LogP) is 3.37. The number of anilines is 2. The fourth-order valence-corrected chi connectivity index (χ4v) is 2.65. The summed E-state index contributed by atoms with van der Waals surface area (Å²) in [5.74, 6) is -0.154. The Kier molecular flexibility index (Phi) is 3.32. The molecular formula is C17H12ClN5O. The third-order valence-corrected chi connectivity index (χ3v) is 3.90. The molecule has 0 aliphatic heterocycles. The molecule has 3 N–H and O–H groups in total. The average Bonchev–Trinajstić information content (AvgIpc) is 2.96. The number of benzene rings is 2. The number of carbonyl (C=O) groups is 1. The maximum Gasteiger partial charge on any atom is 0.275 e. The summed E-state index contributed by atoms with van der Waals surface area (Å²) < 4.78 is 1.77. The molecule has 4 aromatic rings. The summed E-state index contributed by atoms with van der Waals surface area (Å²) >= 11 is 5.84. The largest absolute Gasteiger partial charge is 0.381 e. The van der Waals surface area contributed by atoms with E-state index in [1.54, 1.807) is 34.9 Å². The number of nitrogens with zero attached hydrogens (tertiary/aromatic N) is 3. The number of hydrogen-bond donors (Lipinski definition) is 2. The Morgan fingerprint density at radius 2 is 1.83 bits per heavy atom. The summed E-state index contributed by atoms with van der Waals surface area (Å²) in [6.07, 6.45) is 1.63. The van der Waals surface area contributed by atoms with Crippen molar-refractivity contribution in [3.8, 4) is 0 Å². The normalized spacial score (nSPS) is 11.0. The van der Waals surface area contributed by atoms with E-state index in [0.29, 0.717) is 16.4 Å². The Labute approximate surface area is 141 Å². The quantitative estimate of drug-likeness (QED) is 0.587. The highest BCUT2D eigenvalue weighted by Crippen LogP contribution is 2.20. The minimum Gasteiger partial charge on any atom is -0.381 e. The van der Waals surface area contributed by atoms with Crippen molar-refractivity contribution in [1.29, 1.82) is 0 Å². The van der Waals surface area contributed by atoms with Crippen LogP contribution in [-0.2, 0) is 0 Å². The van der Waals surface area contributed by atoms with Gasteiger partial charge in [-0.15, -0.1) is 0 Å². The molecule has 2 heterocycles. The highest BCUT2D eigenvalue weighted by atomic mass is 35.5. The van der Waals surface area contributed by atoms with Gasteiger partial charge in [-0.25, -0.2) is 9.97 Å². The molecule has 6 nitrogen and oxygen atoms in total. The lowest BCUT2D eigenvalue weighted by atomic mass is 10.3. The van der Waals surface area contributed by atoms with Crippen LogP contribution in [0.5, 0.6) is 0 Å². The van der Waals surface area contributed by atoms with Crippen LogP contribution in [0.3, 0.4) is 0 Å². The molecule has 2 aromatic heterocycles. The third-order valence-electron chi connectivity index (χ3n) is 3.65. The molecule has 1 amide bonds. The summed E-state index contributed by atoms with van der Waals surface area (Å²) in [4.78, 5) is 21.1. The van der Waals surface area contributed by atoms with Crippen LogP contribution in [0.15, 0.2) is 54.7 Å². The lowest BCUT2D eigenvalue weighted by Gasteiger charge is -2.07. The van der Waals surface area contributed by atoms with Crippen molar-refractivity contribution in [3.05, 3.63) is 65.4 Å². The van der Waals surface area contributed by atoms with Gasteiger partial charge >= 0.3 is 0 Å². The Bertz CT molecular complexity index is 1070. The van der Waals surface area contributed by atoms with Crippen molar-refractivity contribution < 1.29 is 4.79 Å². The first-order chi connectivity index (χ1) is 11.6. The fourth-order valence-electron chi connectivity index (χ4n) is 2.52. The molecule has 0 fully saturated rings. The highest BCUT2D eigenvalue weighted by Gasteiger charge is 2.14. The lowest BCUT2D eigenvalue weighted by molar-refractivity contribution is 0.102. The van der Waals surface area contributed by atoms with Crippen LogP contribution >= 0.6 is 11.6 Å². The molecule has 0 bridgehead atoms. The van der Waals surface area contributed by atoms with Crippen molar-refractivity contribution in [3.63, 3.8) is 0 Å². The molecule has 4 rings (SSSR count). The number of imidazole rings is 1. The summed E-state index contributed by atoms with van der Waals surface area (Å²) in [5.41, 5.74) is 8.99. The summed E-state index contributed by atoms with van der Waals surface area (Å²) in [6, 6.07) is 14.4. The Morgan fingerprint density at radius 1 is 1.08 bits per heavy atom. The zero-order valence-electron chi connectivity index (χ0n) is 12.4. The molecule has 24 heavy (non-hydrogen) atoms. The van der Waals surface area contributed by atoms with Gasteiger partial charge in [0.05, 0.1) is 11.0 Å². The van der Waals surface area contributed by atoms with Gasteiger partial charge in [0.1, 0.15) is 5.69 Å². The number of amides is 1. The van der Waals surface area contributed by atoms with E-state index in [9.17, 15) is 4.79 Å². The van der Waals surface area contributed by atoms with E-state index in [2.05, 4.69) is 15.3 Å². The molecule has 0 saturated heterocycles. The predicted molar refractivity (Wildman–Crippen MR) is 94.3 cm³/mol. The van der Waals surface area contributed by atoms with Gasteiger partial charge in [0, 0.05) is 16.9 Å². The standard InChI is InChI=1S/C17H12ClN5O/c18-10-5-7-11(8-6-10)20-17(24)13-9-23-14-4-2-1-3-12(14)22-16(23)15(19)21-13/h1-9H,(H2,19,21)(H,20,24). The summed E-state index contributed by atoms with van der Waals surface area (Å²) in [6.45, 7) is 0. The third kappa shape index (κ3) is 2.43. The average molecular weight is 338 g/mol. The number of hydrogen-bond acceptors (Lipinski definition) is 4. The minimum absolute atomic E-state index is 0.204. The number of halogens is 1. The number of rotatable bonds is 2. The van der Waals surface area contributed by atoms with E-state index >= 15 is 0 Å². The van der Waals surface area contributed by atoms with Crippen molar-refractivity contribution >= 4 is 45.7 Å². The number of carbonyl (C=O) groups excluding carboxylic acids is 1. The molecule has 2 aromatic carbocycles. The van der Waals surface area contributed by atoms with Crippen LogP contribution in [-0.4, -0.2) is 20.3 Å². The Morgan fingerprint density at radius 3 is 2.62 bits per heavy atom. The molecule has 0 aliphatic carbocycles. The highest BCUT2D eigenvalue weighted by molar-refractivity contribution is 6.30. The second-order valence-electron chi connectivity index (χ2n) is 5.27.